The zero-order valence-corrected chi connectivity index (χ0v) is 13.3. The molecule has 1 aliphatic rings. The summed E-state index contributed by atoms with van der Waals surface area (Å²) in [6.45, 7) is 1.29. The van der Waals surface area contributed by atoms with E-state index in [1.807, 2.05) is 30.3 Å². The normalized spacial score (nSPS) is 17.6. The van der Waals surface area contributed by atoms with Crippen LogP contribution in [0.4, 0.5) is 0 Å². The van der Waals surface area contributed by atoms with Crippen molar-refractivity contribution >= 4 is 23.6 Å². The molecule has 0 spiro atoms. The van der Waals surface area contributed by atoms with E-state index in [0.29, 0.717) is 18.1 Å². The van der Waals surface area contributed by atoms with E-state index in [0.717, 1.165) is 17.7 Å². The van der Waals surface area contributed by atoms with Gasteiger partial charge in [0.2, 0.25) is 5.91 Å². The smallest absolute Gasteiger partial charge is 0.246 e. The van der Waals surface area contributed by atoms with Crippen LogP contribution < -0.4 is 4.74 Å². The minimum atomic E-state index is -0.0225. The predicted octanol–water partition coefficient (Wildman–Crippen LogP) is 3.43. The second-order valence-electron chi connectivity index (χ2n) is 5.35. The van der Waals surface area contributed by atoms with E-state index in [2.05, 4.69) is 4.98 Å². The second-order valence-corrected chi connectivity index (χ2v) is 5.76. The Kier molecular flexibility index (Phi) is 4.93. The summed E-state index contributed by atoms with van der Waals surface area (Å²) in [6, 6.07) is 11.1. The van der Waals surface area contributed by atoms with Crippen LogP contribution in [0.2, 0.25) is 5.02 Å². The standard InChI is InChI=1S/C18H17ClN2O2/c19-17-4-2-1-3-14(17)5-6-18(22)21-12-9-16(13-21)23-15-7-10-20-11-8-15/h1-8,10-11,16H,9,12-13H2. The Balaban J connectivity index is 1.56. The summed E-state index contributed by atoms with van der Waals surface area (Å²) in [6.07, 6.45) is 7.56. The van der Waals surface area contributed by atoms with Crippen molar-refractivity contribution in [2.45, 2.75) is 12.5 Å². The lowest BCUT2D eigenvalue weighted by Crippen LogP contribution is -2.29. The average Bonchev–Trinajstić information content (AvgIpc) is 3.03. The Labute approximate surface area is 140 Å². The Hall–Kier alpha value is -2.33. The van der Waals surface area contributed by atoms with Crippen LogP contribution in [-0.4, -0.2) is 35.0 Å². The SMILES string of the molecule is O=C(C=Cc1ccccc1Cl)N1CCC(Oc2ccncc2)C1. The molecule has 1 fully saturated rings. The first-order valence-corrected chi connectivity index (χ1v) is 7.88. The van der Waals surface area contributed by atoms with Crippen LogP contribution in [0.25, 0.3) is 6.08 Å². The van der Waals surface area contributed by atoms with Gasteiger partial charge in [0.25, 0.3) is 0 Å². The Bertz CT molecular complexity index is 703. The van der Waals surface area contributed by atoms with Crippen molar-refractivity contribution in [1.82, 2.24) is 9.88 Å². The number of hydrogen-bond acceptors (Lipinski definition) is 3. The maximum atomic E-state index is 12.3. The number of halogens is 1. The molecular formula is C18H17ClN2O2. The van der Waals surface area contributed by atoms with E-state index in [9.17, 15) is 4.79 Å². The van der Waals surface area contributed by atoms with Crippen molar-refractivity contribution in [2.24, 2.45) is 0 Å². The van der Waals surface area contributed by atoms with Gasteiger partial charge < -0.3 is 9.64 Å². The van der Waals surface area contributed by atoms with Crippen LogP contribution >= 0.6 is 11.6 Å². The number of hydrogen-bond donors (Lipinski definition) is 0. The van der Waals surface area contributed by atoms with Crippen LogP contribution in [-0.2, 0) is 4.79 Å². The minimum Gasteiger partial charge on any atom is -0.488 e. The predicted molar refractivity (Wildman–Crippen MR) is 90.3 cm³/mol. The number of pyridine rings is 1. The van der Waals surface area contributed by atoms with Crippen LogP contribution in [0, 0.1) is 0 Å². The first kappa shape index (κ1) is 15.6. The monoisotopic (exact) mass is 328 g/mol. The number of carbonyl (C=O) groups is 1. The lowest BCUT2D eigenvalue weighted by atomic mass is 10.2. The summed E-state index contributed by atoms with van der Waals surface area (Å²) in [5.41, 5.74) is 0.839. The number of nitrogens with zero attached hydrogens (tertiary/aromatic N) is 2. The lowest BCUT2D eigenvalue weighted by Gasteiger charge is -2.15. The highest BCUT2D eigenvalue weighted by atomic mass is 35.5. The fourth-order valence-corrected chi connectivity index (χ4v) is 2.71. The fraction of sp³-hybridized carbons (Fsp3) is 0.222. The molecule has 0 N–H and O–H groups in total. The van der Waals surface area contributed by atoms with E-state index in [1.165, 1.54) is 0 Å². The Morgan fingerprint density at radius 3 is 2.83 bits per heavy atom. The number of amides is 1. The van der Waals surface area contributed by atoms with Crippen molar-refractivity contribution in [3.63, 3.8) is 0 Å². The highest BCUT2D eigenvalue weighted by Gasteiger charge is 2.26. The summed E-state index contributed by atoms with van der Waals surface area (Å²) < 4.78 is 5.86. The van der Waals surface area contributed by atoms with Crippen LogP contribution in [0.15, 0.2) is 54.9 Å². The molecule has 4 nitrogen and oxygen atoms in total. The molecule has 2 aromatic rings. The van der Waals surface area contributed by atoms with Crippen molar-refractivity contribution in [3.05, 3.63) is 65.5 Å². The molecule has 0 saturated carbocycles. The molecule has 0 bridgehead atoms. The molecule has 5 heteroatoms. The van der Waals surface area contributed by atoms with Gasteiger partial charge in [0.05, 0.1) is 6.54 Å². The molecular weight excluding hydrogens is 312 g/mol. The van der Waals surface area contributed by atoms with Crippen molar-refractivity contribution in [1.29, 1.82) is 0 Å². The summed E-state index contributed by atoms with van der Waals surface area (Å²) in [4.78, 5) is 18.0. The average molecular weight is 329 g/mol. The molecule has 23 heavy (non-hydrogen) atoms. The van der Waals surface area contributed by atoms with Crippen LogP contribution in [0.1, 0.15) is 12.0 Å². The summed E-state index contributed by atoms with van der Waals surface area (Å²) in [7, 11) is 0. The molecule has 1 aliphatic heterocycles. The van der Waals surface area contributed by atoms with Gasteiger partial charge in [-0.2, -0.15) is 0 Å². The molecule has 1 unspecified atom stereocenters. The third-order valence-electron chi connectivity index (χ3n) is 3.72. The van der Waals surface area contributed by atoms with E-state index < -0.39 is 0 Å². The van der Waals surface area contributed by atoms with Crippen molar-refractivity contribution < 1.29 is 9.53 Å². The molecule has 1 aromatic heterocycles. The molecule has 1 aromatic carbocycles. The quantitative estimate of drug-likeness (QED) is 0.808. The molecule has 2 heterocycles. The van der Waals surface area contributed by atoms with E-state index >= 15 is 0 Å². The van der Waals surface area contributed by atoms with Gasteiger partial charge in [-0.25, -0.2) is 0 Å². The molecule has 118 valence electrons. The summed E-state index contributed by atoms with van der Waals surface area (Å²) in [5.74, 6) is 0.761. The van der Waals surface area contributed by atoms with Gasteiger partial charge in [-0.05, 0) is 29.8 Å². The van der Waals surface area contributed by atoms with Gasteiger partial charge in [-0.15, -0.1) is 0 Å². The number of ether oxygens (including phenoxy) is 1. The van der Waals surface area contributed by atoms with E-state index in [1.54, 1.807) is 35.5 Å². The third kappa shape index (κ3) is 4.11. The first-order valence-electron chi connectivity index (χ1n) is 7.50. The Morgan fingerprint density at radius 2 is 2.04 bits per heavy atom. The van der Waals surface area contributed by atoms with E-state index in [-0.39, 0.29) is 12.0 Å². The second kappa shape index (κ2) is 7.29. The van der Waals surface area contributed by atoms with Gasteiger partial charge >= 0.3 is 0 Å². The van der Waals surface area contributed by atoms with E-state index in [4.69, 9.17) is 16.3 Å². The summed E-state index contributed by atoms with van der Waals surface area (Å²) >= 11 is 6.08. The minimum absolute atomic E-state index is 0.0225. The highest BCUT2D eigenvalue weighted by Crippen LogP contribution is 2.19. The Morgan fingerprint density at radius 1 is 1.26 bits per heavy atom. The summed E-state index contributed by atoms with van der Waals surface area (Å²) in [5, 5.41) is 0.636. The molecule has 1 saturated heterocycles. The van der Waals surface area contributed by atoms with Crippen LogP contribution in [0.3, 0.4) is 0 Å². The van der Waals surface area contributed by atoms with Gasteiger partial charge in [0, 0.05) is 36.5 Å². The number of aromatic nitrogens is 1. The number of likely N-dealkylation sites (tertiary alicyclic amines) is 1. The van der Waals surface area contributed by atoms with Crippen molar-refractivity contribution in [3.8, 4) is 5.75 Å². The topological polar surface area (TPSA) is 42.4 Å². The maximum Gasteiger partial charge on any atom is 0.246 e. The maximum absolute atomic E-state index is 12.3. The zero-order valence-electron chi connectivity index (χ0n) is 12.6. The van der Waals surface area contributed by atoms with Crippen molar-refractivity contribution in [2.75, 3.05) is 13.1 Å². The first-order chi connectivity index (χ1) is 11.2. The number of carbonyl (C=O) groups excluding carboxylic acids is 1. The fourth-order valence-electron chi connectivity index (χ4n) is 2.51. The molecule has 3 rings (SSSR count). The lowest BCUT2D eigenvalue weighted by molar-refractivity contribution is -0.125. The highest BCUT2D eigenvalue weighted by molar-refractivity contribution is 6.32. The van der Waals surface area contributed by atoms with Gasteiger partial charge in [0.15, 0.2) is 0 Å². The van der Waals surface area contributed by atoms with Crippen LogP contribution in [0.5, 0.6) is 5.75 Å². The zero-order chi connectivity index (χ0) is 16.1. The number of benzene rings is 1. The van der Waals surface area contributed by atoms with Gasteiger partial charge in [-0.1, -0.05) is 29.8 Å². The number of rotatable bonds is 4. The molecule has 1 amide bonds. The third-order valence-corrected chi connectivity index (χ3v) is 4.06. The van der Waals surface area contributed by atoms with Gasteiger partial charge in [0.1, 0.15) is 11.9 Å². The molecule has 0 radical (unpaired) electrons. The molecule has 1 atom stereocenters. The molecule has 0 aliphatic carbocycles. The van der Waals surface area contributed by atoms with Gasteiger partial charge in [-0.3, -0.25) is 9.78 Å². The largest absolute Gasteiger partial charge is 0.488 e.